The lowest BCUT2D eigenvalue weighted by molar-refractivity contribution is -0.362. The third kappa shape index (κ3) is 3.16. The summed E-state index contributed by atoms with van der Waals surface area (Å²) in [7, 11) is -6.02. The molecule has 0 N–H and O–H groups in total. The number of halogens is 6. The first-order valence-electron chi connectivity index (χ1n) is 9.44. The largest absolute Gasteiger partial charge is 0.748 e. The van der Waals surface area contributed by atoms with Gasteiger partial charge >= 0.3 is 23.9 Å². The summed E-state index contributed by atoms with van der Waals surface area (Å²) in [5.74, 6) is -4.78. The lowest BCUT2D eigenvalue weighted by Gasteiger charge is -2.41. The first kappa shape index (κ1) is 21.2. The number of ether oxygens (including phenoxy) is 1. The number of esters is 1. The Balaban J connectivity index is 1.61. The summed E-state index contributed by atoms with van der Waals surface area (Å²) in [5, 5.41) is 0. The average Bonchev–Trinajstić information content (AvgIpc) is 3.28. The van der Waals surface area contributed by atoms with E-state index in [0.29, 0.717) is 24.2 Å². The number of hydrogen-bond donors (Lipinski definition) is 0. The fourth-order valence-corrected chi connectivity index (χ4v) is 7.69. The number of rotatable bonds is 4. The van der Waals surface area contributed by atoms with Crippen molar-refractivity contribution in [1.82, 2.24) is 0 Å². The molecule has 0 saturated heterocycles. The molecule has 29 heavy (non-hydrogen) atoms. The smallest absolute Gasteiger partial charge is 0.438 e. The molecule has 12 heteroatoms. The van der Waals surface area contributed by atoms with Crippen LogP contribution in [0.1, 0.15) is 32.1 Å². The van der Waals surface area contributed by atoms with E-state index in [1.165, 1.54) is 0 Å². The summed E-state index contributed by atoms with van der Waals surface area (Å²) in [5.41, 5.74) is -5.37. The molecular formula is C17H19F6O5S-. The van der Waals surface area contributed by atoms with E-state index >= 15 is 0 Å². The summed E-state index contributed by atoms with van der Waals surface area (Å²) in [6.07, 6.45) is -8.93. The van der Waals surface area contributed by atoms with Gasteiger partial charge in [-0.25, -0.2) is 8.42 Å². The van der Waals surface area contributed by atoms with Crippen molar-refractivity contribution in [2.75, 3.05) is 5.75 Å². The second-order valence-corrected chi connectivity index (χ2v) is 10.3. The molecule has 0 aromatic rings. The molecular weight excluding hydrogens is 430 g/mol. The van der Waals surface area contributed by atoms with E-state index in [-0.39, 0.29) is 24.2 Å². The van der Waals surface area contributed by atoms with Crippen LogP contribution in [0.3, 0.4) is 0 Å². The van der Waals surface area contributed by atoms with Gasteiger partial charge in [-0.2, -0.15) is 26.3 Å². The van der Waals surface area contributed by atoms with Crippen LogP contribution in [-0.2, 0) is 19.6 Å². The molecule has 0 radical (unpaired) electrons. The van der Waals surface area contributed by atoms with Crippen LogP contribution in [-0.4, -0.2) is 42.6 Å². The minimum Gasteiger partial charge on any atom is -0.748 e. The molecule has 0 aromatic carbocycles. The van der Waals surface area contributed by atoms with Crippen molar-refractivity contribution in [2.45, 2.75) is 50.1 Å². The number of alkyl halides is 6. The molecule has 4 aliphatic rings. The average molecular weight is 449 g/mol. The van der Waals surface area contributed by atoms with E-state index in [4.69, 9.17) is 0 Å². The highest BCUT2D eigenvalue weighted by atomic mass is 32.2. The van der Waals surface area contributed by atoms with E-state index in [0.717, 1.165) is 19.3 Å². The first-order valence-corrected chi connectivity index (χ1v) is 11.0. The van der Waals surface area contributed by atoms with Gasteiger partial charge in [0.1, 0.15) is 0 Å². The predicted octanol–water partition coefficient (Wildman–Crippen LogP) is 3.26. The van der Waals surface area contributed by atoms with Gasteiger partial charge in [0.25, 0.3) is 0 Å². The van der Waals surface area contributed by atoms with Gasteiger partial charge in [-0.05, 0) is 67.6 Å². The quantitative estimate of drug-likeness (QED) is 0.285. The summed E-state index contributed by atoms with van der Waals surface area (Å²) in [6.45, 7) is 0. The van der Waals surface area contributed by atoms with Crippen LogP contribution in [0, 0.1) is 41.4 Å². The molecule has 0 heterocycles. The monoisotopic (exact) mass is 449 g/mol. The summed E-state index contributed by atoms with van der Waals surface area (Å²) in [6, 6.07) is 0. The summed E-state index contributed by atoms with van der Waals surface area (Å²) in [4.78, 5) is 12.5. The Kier molecular flexibility index (Phi) is 4.56. The van der Waals surface area contributed by atoms with Gasteiger partial charge in [0.15, 0.2) is 0 Å². The molecule has 166 valence electrons. The highest BCUT2D eigenvalue weighted by Gasteiger charge is 2.76. The zero-order valence-corrected chi connectivity index (χ0v) is 15.8. The second kappa shape index (κ2) is 6.24. The maximum absolute atomic E-state index is 13.4. The van der Waals surface area contributed by atoms with E-state index in [1.807, 2.05) is 0 Å². The summed E-state index contributed by atoms with van der Waals surface area (Å²) < 4.78 is 117. The molecule has 7 atom stereocenters. The van der Waals surface area contributed by atoms with Crippen LogP contribution in [0.25, 0.3) is 0 Å². The molecule has 4 saturated carbocycles. The van der Waals surface area contributed by atoms with Crippen LogP contribution in [0.2, 0.25) is 0 Å². The molecule has 0 spiro atoms. The van der Waals surface area contributed by atoms with Gasteiger partial charge in [-0.1, -0.05) is 0 Å². The molecule has 5 nitrogen and oxygen atoms in total. The van der Waals surface area contributed by atoms with Crippen molar-refractivity contribution in [1.29, 1.82) is 0 Å². The predicted molar refractivity (Wildman–Crippen MR) is 83.0 cm³/mol. The SMILES string of the molecule is O=C(OC(CS(=O)(=O)[O-])(C(F)(F)F)C(F)(F)F)C1CC2CC1C1C3CCC(C3)C21. The van der Waals surface area contributed by atoms with Crippen molar-refractivity contribution >= 4 is 16.1 Å². The van der Waals surface area contributed by atoms with Gasteiger partial charge in [0.2, 0.25) is 0 Å². The highest BCUT2D eigenvalue weighted by molar-refractivity contribution is 7.85. The van der Waals surface area contributed by atoms with Crippen molar-refractivity contribution in [3.63, 3.8) is 0 Å². The first-order chi connectivity index (χ1) is 13.1. The van der Waals surface area contributed by atoms with Crippen molar-refractivity contribution in [3.8, 4) is 0 Å². The molecule has 0 aromatic heterocycles. The number of fused-ring (bicyclic) bond motifs is 9. The van der Waals surface area contributed by atoms with Crippen LogP contribution >= 0.6 is 0 Å². The Morgan fingerprint density at radius 3 is 1.97 bits per heavy atom. The Bertz CT molecular complexity index is 792. The number of hydrogen-bond acceptors (Lipinski definition) is 5. The second-order valence-electron chi connectivity index (χ2n) is 8.94. The zero-order valence-electron chi connectivity index (χ0n) is 15.0. The maximum atomic E-state index is 13.4. The molecule has 4 fully saturated rings. The van der Waals surface area contributed by atoms with Crippen LogP contribution in [0.5, 0.6) is 0 Å². The lowest BCUT2D eigenvalue weighted by Crippen LogP contribution is -2.64. The topological polar surface area (TPSA) is 83.5 Å². The standard InChI is InChI=1S/C17H20F6O5S/c18-16(19,20)15(17(21,22)23,6-29(25,26)27)28-14(24)11-5-9-4-10(11)13-8-2-1-7(3-8)12(9)13/h7-13H,1-6H2,(H,25,26,27)/p-1. The van der Waals surface area contributed by atoms with Crippen LogP contribution in [0.15, 0.2) is 0 Å². The Labute approximate surface area is 162 Å². The fraction of sp³-hybridized carbons (Fsp3) is 0.941. The van der Waals surface area contributed by atoms with Gasteiger partial charge in [0.05, 0.1) is 21.8 Å². The van der Waals surface area contributed by atoms with Crippen molar-refractivity contribution < 1.29 is 48.8 Å². The number of carbonyl (C=O) groups excluding carboxylic acids is 1. The minimum atomic E-state index is -6.31. The van der Waals surface area contributed by atoms with E-state index in [2.05, 4.69) is 4.74 Å². The number of carbonyl (C=O) groups is 1. The molecule has 0 aliphatic heterocycles. The fourth-order valence-electron chi connectivity index (χ4n) is 6.80. The molecule has 4 bridgehead atoms. The van der Waals surface area contributed by atoms with Crippen molar-refractivity contribution in [2.24, 2.45) is 41.4 Å². The third-order valence-corrected chi connectivity index (χ3v) is 8.37. The zero-order chi connectivity index (χ0) is 21.6. The van der Waals surface area contributed by atoms with Gasteiger partial charge in [-0.3, -0.25) is 4.79 Å². The molecule has 4 rings (SSSR count). The van der Waals surface area contributed by atoms with E-state index in [9.17, 15) is 44.1 Å². The van der Waals surface area contributed by atoms with Gasteiger partial charge in [-0.15, -0.1) is 0 Å². The van der Waals surface area contributed by atoms with Gasteiger partial charge < -0.3 is 9.29 Å². The van der Waals surface area contributed by atoms with E-state index in [1.54, 1.807) is 0 Å². The van der Waals surface area contributed by atoms with Crippen LogP contribution < -0.4 is 0 Å². The van der Waals surface area contributed by atoms with E-state index < -0.39 is 45.7 Å². The van der Waals surface area contributed by atoms with Crippen molar-refractivity contribution in [3.05, 3.63) is 0 Å². The maximum Gasteiger partial charge on any atom is 0.438 e. The lowest BCUT2D eigenvalue weighted by atomic mass is 9.67. The Morgan fingerprint density at radius 1 is 0.897 bits per heavy atom. The summed E-state index contributed by atoms with van der Waals surface area (Å²) >= 11 is 0. The molecule has 7 unspecified atom stereocenters. The van der Waals surface area contributed by atoms with Crippen LogP contribution in [0.4, 0.5) is 26.3 Å². The third-order valence-electron chi connectivity index (χ3n) is 7.61. The Hall–Kier alpha value is -1.04. The van der Waals surface area contributed by atoms with Gasteiger partial charge in [0, 0.05) is 0 Å². The molecule has 4 aliphatic carbocycles. The Morgan fingerprint density at radius 2 is 1.45 bits per heavy atom. The highest BCUT2D eigenvalue weighted by Crippen LogP contribution is 2.69. The normalized spacial score (nSPS) is 39.1. The minimum absolute atomic E-state index is 0.0623. The molecule has 0 amide bonds.